The molecule has 3 nitrogen and oxygen atoms in total. The van der Waals surface area contributed by atoms with Gasteiger partial charge in [0.05, 0.1) is 10.4 Å². The zero-order valence-electron chi connectivity index (χ0n) is 10.5. The van der Waals surface area contributed by atoms with Gasteiger partial charge in [0.1, 0.15) is 0 Å². The molecular formula is C12H17ClN2OS2. The fraction of sp³-hybridized carbons (Fsp3) is 0.583. The third-order valence-electron chi connectivity index (χ3n) is 3.49. The van der Waals surface area contributed by atoms with Gasteiger partial charge in [-0.05, 0) is 30.7 Å². The number of hydrogen-bond acceptors (Lipinski definition) is 4. The van der Waals surface area contributed by atoms with Gasteiger partial charge in [0.15, 0.2) is 0 Å². The standard InChI is InChI=1S/C12H17ClN2OS2/c1-8-7-18-10(9(8)13)12(5-3-4-6-12)11(16)14-15(2)17/h7,17H,3-6H2,1-2H3,(H,14,16). The number of carbonyl (C=O) groups is 1. The molecular weight excluding hydrogens is 288 g/mol. The van der Waals surface area contributed by atoms with E-state index in [-0.39, 0.29) is 5.91 Å². The lowest BCUT2D eigenvalue weighted by Gasteiger charge is -2.28. The summed E-state index contributed by atoms with van der Waals surface area (Å²) in [7, 11) is 1.70. The van der Waals surface area contributed by atoms with Crippen LogP contribution in [0.5, 0.6) is 0 Å². The van der Waals surface area contributed by atoms with Gasteiger partial charge in [0.25, 0.3) is 0 Å². The Bertz CT molecular complexity index is 453. The molecule has 0 spiro atoms. The van der Waals surface area contributed by atoms with Crippen molar-refractivity contribution in [2.45, 2.75) is 38.0 Å². The number of amides is 1. The van der Waals surface area contributed by atoms with E-state index in [9.17, 15) is 4.79 Å². The third-order valence-corrected chi connectivity index (χ3v) is 5.49. The van der Waals surface area contributed by atoms with Crippen molar-refractivity contribution in [2.75, 3.05) is 7.05 Å². The number of aryl methyl sites for hydroxylation is 1. The molecule has 1 amide bonds. The summed E-state index contributed by atoms with van der Waals surface area (Å²) in [6.45, 7) is 1.98. The average molecular weight is 305 g/mol. The summed E-state index contributed by atoms with van der Waals surface area (Å²) in [4.78, 5) is 13.5. The Morgan fingerprint density at radius 3 is 2.61 bits per heavy atom. The number of hydrazine groups is 1. The number of rotatable bonds is 3. The second kappa shape index (κ2) is 5.41. The molecule has 0 aromatic carbocycles. The fourth-order valence-electron chi connectivity index (χ4n) is 2.54. The molecule has 1 aliphatic carbocycles. The normalized spacial score (nSPS) is 18.3. The quantitative estimate of drug-likeness (QED) is 0.663. The zero-order chi connectivity index (χ0) is 13.3. The monoisotopic (exact) mass is 304 g/mol. The topological polar surface area (TPSA) is 32.3 Å². The maximum absolute atomic E-state index is 12.5. The molecule has 0 atom stereocenters. The van der Waals surface area contributed by atoms with Crippen LogP contribution >= 0.6 is 35.8 Å². The van der Waals surface area contributed by atoms with Crippen LogP contribution in [-0.4, -0.2) is 17.4 Å². The highest BCUT2D eigenvalue weighted by Gasteiger charge is 2.45. The van der Waals surface area contributed by atoms with Crippen molar-refractivity contribution in [3.63, 3.8) is 0 Å². The molecule has 2 rings (SSSR count). The van der Waals surface area contributed by atoms with Gasteiger partial charge >= 0.3 is 0 Å². The van der Waals surface area contributed by atoms with Crippen molar-refractivity contribution in [1.29, 1.82) is 0 Å². The van der Waals surface area contributed by atoms with Crippen LogP contribution in [0.3, 0.4) is 0 Å². The van der Waals surface area contributed by atoms with E-state index in [1.165, 1.54) is 4.41 Å². The molecule has 0 aliphatic heterocycles. The van der Waals surface area contributed by atoms with E-state index in [0.29, 0.717) is 0 Å². The Hall–Kier alpha value is -0.230. The summed E-state index contributed by atoms with van der Waals surface area (Å²) < 4.78 is 1.40. The largest absolute Gasteiger partial charge is 0.279 e. The SMILES string of the molecule is Cc1csc(C2(C(=O)NN(C)S)CCCC2)c1Cl. The van der Waals surface area contributed by atoms with Gasteiger partial charge in [-0.25, -0.2) is 0 Å². The molecule has 0 unspecified atom stereocenters. The molecule has 1 saturated carbocycles. The highest BCUT2D eigenvalue weighted by molar-refractivity contribution is 7.77. The number of hydrogen-bond donors (Lipinski definition) is 2. The molecule has 1 heterocycles. The number of nitrogens with one attached hydrogen (secondary N) is 1. The van der Waals surface area contributed by atoms with Gasteiger partial charge in [-0.15, -0.1) is 11.3 Å². The maximum atomic E-state index is 12.5. The molecule has 1 N–H and O–H groups in total. The first kappa shape index (κ1) is 14.2. The van der Waals surface area contributed by atoms with Crippen LogP contribution in [0.15, 0.2) is 5.38 Å². The molecule has 0 saturated heterocycles. The lowest BCUT2D eigenvalue weighted by molar-refractivity contribution is -0.129. The van der Waals surface area contributed by atoms with Crippen LogP contribution in [0, 0.1) is 6.92 Å². The Morgan fingerprint density at radius 2 is 2.17 bits per heavy atom. The van der Waals surface area contributed by atoms with E-state index in [4.69, 9.17) is 11.6 Å². The number of carbonyl (C=O) groups excluding carboxylic acids is 1. The van der Waals surface area contributed by atoms with E-state index in [1.54, 1.807) is 18.4 Å². The van der Waals surface area contributed by atoms with Crippen LogP contribution in [0.1, 0.15) is 36.1 Å². The highest BCUT2D eigenvalue weighted by Crippen LogP contribution is 2.47. The summed E-state index contributed by atoms with van der Waals surface area (Å²) in [5.74, 6) is 0.00116. The fourth-order valence-corrected chi connectivity index (χ4v) is 4.27. The minimum atomic E-state index is -0.465. The van der Waals surface area contributed by atoms with E-state index < -0.39 is 5.41 Å². The minimum Gasteiger partial charge on any atom is -0.279 e. The van der Waals surface area contributed by atoms with Crippen molar-refractivity contribution < 1.29 is 4.79 Å². The Kier molecular flexibility index (Phi) is 4.26. The lowest BCUT2D eigenvalue weighted by atomic mass is 9.83. The first-order chi connectivity index (χ1) is 8.47. The minimum absolute atomic E-state index is 0.00116. The predicted octanol–water partition coefficient (Wildman–Crippen LogP) is 3.33. The van der Waals surface area contributed by atoms with Gasteiger partial charge in [-0.1, -0.05) is 37.3 Å². The van der Waals surface area contributed by atoms with Crippen LogP contribution in [0.2, 0.25) is 5.02 Å². The molecule has 18 heavy (non-hydrogen) atoms. The zero-order valence-corrected chi connectivity index (χ0v) is 13.0. The number of nitrogens with zero attached hydrogens (tertiary/aromatic N) is 1. The van der Waals surface area contributed by atoms with Gasteiger partial charge in [0, 0.05) is 11.9 Å². The highest BCUT2D eigenvalue weighted by atomic mass is 35.5. The van der Waals surface area contributed by atoms with E-state index >= 15 is 0 Å². The van der Waals surface area contributed by atoms with Crippen molar-refractivity contribution in [3.8, 4) is 0 Å². The molecule has 0 radical (unpaired) electrons. The van der Waals surface area contributed by atoms with E-state index in [2.05, 4.69) is 18.2 Å². The molecule has 1 fully saturated rings. The number of thiophene rings is 1. The Balaban J connectivity index is 2.38. The summed E-state index contributed by atoms with van der Waals surface area (Å²) in [5.41, 5.74) is 3.35. The Morgan fingerprint density at radius 1 is 1.56 bits per heavy atom. The second-order valence-electron chi connectivity index (χ2n) is 4.82. The molecule has 100 valence electrons. The van der Waals surface area contributed by atoms with Crippen molar-refractivity contribution in [2.24, 2.45) is 0 Å². The van der Waals surface area contributed by atoms with Crippen molar-refractivity contribution >= 4 is 41.7 Å². The van der Waals surface area contributed by atoms with Crippen LogP contribution in [0.25, 0.3) is 0 Å². The summed E-state index contributed by atoms with van der Waals surface area (Å²) in [5, 5.41) is 2.77. The van der Waals surface area contributed by atoms with E-state index in [0.717, 1.165) is 41.1 Å². The summed E-state index contributed by atoms with van der Waals surface area (Å²) >= 11 is 12.0. The summed E-state index contributed by atoms with van der Waals surface area (Å²) in [6, 6.07) is 0. The molecule has 0 bridgehead atoms. The van der Waals surface area contributed by atoms with Crippen LogP contribution in [-0.2, 0) is 10.2 Å². The molecule has 6 heteroatoms. The van der Waals surface area contributed by atoms with Crippen LogP contribution < -0.4 is 5.43 Å². The number of thiol groups is 1. The Labute approximate surface area is 122 Å². The molecule has 1 aliphatic rings. The summed E-state index contributed by atoms with van der Waals surface area (Å²) in [6.07, 6.45) is 3.86. The van der Waals surface area contributed by atoms with Crippen molar-refractivity contribution in [1.82, 2.24) is 9.84 Å². The van der Waals surface area contributed by atoms with Gasteiger partial charge in [-0.2, -0.15) is 4.41 Å². The van der Waals surface area contributed by atoms with Gasteiger partial charge < -0.3 is 0 Å². The molecule has 1 aromatic heterocycles. The maximum Gasteiger partial charge on any atom is 0.246 e. The van der Waals surface area contributed by atoms with Gasteiger partial charge in [-0.3, -0.25) is 10.2 Å². The third kappa shape index (κ3) is 2.41. The first-order valence-corrected chi connectivity index (χ1v) is 7.61. The van der Waals surface area contributed by atoms with Crippen molar-refractivity contribution in [3.05, 3.63) is 20.8 Å². The number of halogens is 1. The molecule has 1 aromatic rings. The van der Waals surface area contributed by atoms with E-state index in [1.807, 2.05) is 12.3 Å². The first-order valence-electron chi connectivity index (χ1n) is 5.95. The lowest BCUT2D eigenvalue weighted by Crippen LogP contribution is -2.46. The van der Waals surface area contributed by atoms with Gasteiger partial charge in [0.2, 0.25) is 5.91 Å². The van der Waals surface area contributed by atoms with Crippen LogP contribution in [0.4, 0.5) is 0 Å². The second-order valence-corrected chi connectivity index (χ2v) is 6.67. The predicted molar refractivity (Wildman–Crippen MR) is 79.1 cm³/mol. The smallest absolute Gasteiger partial charge is 0.246 e. The average Bonchev–Trinajstić information content (AvgIpc) is 2.88.